The van der Waals surface area contributed by atoms with Crippen molar-refractivity contribution in [1.82, 2.24) is 0 Å². The average Bonchev–Trinajstić information content (AvgIpc) is 3.74. The number of rotatable bonds is 5. The summed E-state index contributed by atoms with van der Waals surface area (Å²) >= 11 is 0. The summed E-state index contributed by atoms with van der Waals surface area (Å²) in [5.74, 6) is 0. The standard InChI is InChI=1S/C52H35NO/c1-52(45-24-12-9-20-40(45)41-21-10-13-25-46(41)52)47-32-44-43-23-11-14-26-50(43)54-51(44)33-49(47)53(37-29-27-35(28-30-37)34-15-3-2-4-16-34)48-31-36-17-5-6-18-38(36)39-19-7-8-22-42(39)48/h2-33H,1H3. The number of anilines is 3. The minimum Gasteiger partial charge on any atom is -0.456 e. The molecule has 0 fully saturated rings. The van der Waals surface area contributed by atoms with Crippen LogP contribution in [0.25, 0.3) is 65.7 Å². The Bertz CT molecular complexity index is 3020. The predicted octanol–water partition coefficient (Wildman–Crippen LogP) is 14.4. The smallest absolute Gasteiger partial charge is 0.137 e. The van der Waals surface area contributed by atoms with Crippen LogP contribution in [-0.4, -0.2) is 0 Å². The molecular weight excluding hydrogens is 655 g/mol. The molecule has 2 nitrogen and oxygen atoms in total. The van der Waals surface area contributed by atoms with Crippen molar-refractivity contribution in [2.24, 2.45) is 0 Å². The average molecular weight is 690 g/mol. The predicted molar refractivity (Wildman–Crippen MR) is 226 cm³/mol. The van der Waals surface area contributed by atoms with E-state index in [1.165, 1.54) is 60.5 Å². The van der Waals surface area contributed by atoms with E-state index in [1.54, 1.807) is 0 Å². The van der Waals surface area contributed by atoms with Crippen LogP contribution in [0, 0.1) is 0 Å². The summed E-state index contributed by atoms with van der Waals surface area (Å²) in [4.78, 5) is 2.49. The van der Waals surface area contributed by atoms with Crippen molar-refractivity contribution in [1.29, 1.82) is 0 Å². The zero-order valence-corrected chi connectivity index (χ0v) is 29.8. The molecule has 0 unspecified atom stereocenters. The Morgan fingerprint density at radius 1 is 0.389 bits per heavy atom. The maximum absolute atomic E-state index is 6.71. The van der Waals surface area contributed by atoms with E-state index in [2.05, 4.69) is 206 Å². The number of fused-ring (bicyclic) bond motifs is 9. The molecule has 0 bridgehead atoms. The lowest BCUT2D eigenvalue weighted by Gasteiger charge is -2.36. The van der Waals surface area contributed by atoms with Crippen LogP contribution in [0.2, 0.25) is 0 Å². The van der Waals surface area contributed by atoms with Crippen molar-refractivity contribution >= 4 is 60.5 Å². The highest BCUT2D eigenvalue weighted by molar-refractivity contribution is 6.15. The van der Waals surface area contributed by atoms with Gasteiger partial charge in [-0.25, -0.2) is 0 Å². The molecule has 0 aliphatic heterocycles. The fourth-order valence-corrected chi connectivity index (χ4v) is 9.15. The summed E-state index contributed by atoms with van der Waals surface area (Å²) in [6.45, 7) is 2.42. The van der Waals surface area contributed by atoms with Crippen LogP contribution in [0.15, 0.2) is 199 Å². The largest absolute Gasteiger partial charge is 0.456 e. The van der Waals surface area contributed by atoms with E-state index in [1.807, 2.05) is 0 Å². The highest BCUT2D eigenvalue weighted by Crippen LogP contribution is 2.57. The van der Waals surface area contributed by atoms with Gasteiger partial charge >= 0.3 is 0 Å². The summed E-state index contributed by atoms with van der Waals surface area (Å²) in [7, 11) is 0. The monoisotopic (exact) mass is 689 g/mol. The van der Waals surface area contributed by atoms with Crippen molar-refractivity contribution < 1.29 is 4.42 Å². The van der Waals surface area contributed by atoms with Crippen LogP contribution in [0.4, 0.5) is 17.1 Å². The van der Waals surface area contributed by atoms with Gasteiger partial charge in [0.05, 0.1) is 11.4 Å². The van der Waals surface area contributed by atoms with Crippen molar-refractivity contribution in [2.45, 2.75) is 12.3 Å². The molecule has 0 saturated heterocycles. The second-order valence-electron chi connectivity index (χ2n) is 14.6. The molecule has 1 aliphatic carbocycles. The Hall–Kier alpha value is -6.90. The van der Waals surface area contributed by atoms with Crippen LogP contribution < -0.4 is 4.90 Å². The van der Waals surface area contributed by atoms with Crippen LogP contribution >= 0.6 is 0 Å². The Morgan fingerprint density at radius 2 is 0.963 bits per heavy atom. The van der Waals surface area contributed by atoms with E-state index in [9.17, 15) is 0 Å². The lowest BCUT2D eigenvalue weighted by atomic mass is 9.73. The summed E-state index contributed by atoms with van der Waals surface area (Å²) in [5, 5.41) is 7.11. The van der Waals surface area contributed by atoms with Gasteiger partial charge in [-0.3, -0.25) is 0 Å². The zero-order valence-electron chi connectivity index (χ0n) is 29.8. The summed E-state index contributed by atoms with van der Waals surface area (Å²) < 4.78 is 6.71. The molecular formula is C52H35NO. The van der Waals surface area contributed by atoms with Gasteiger partial charge in [0.25, 0.3) is 0 Å². The van der Waals surface area contributed by atoms with E-state index in [-0.39, 0.29) is 0 Å². The van der Waals surface area contributed by atoms with Gasteiger partial charge in [-0.15, -0.1) is 0 Å². The van der Waals surface area contributed by atoms with Gasteiger partial charge in [-0.1, -0.05) is 158 Å². The van der Waals surface area contributed by atoms with E-state index in [4.69, 9.17) is 4.42 Å². The Balaban J connectivity index is 1.28. The first-order valence-electron chi connectivity index (χ1n) is 18.7. The number of nitrogens with zero attached hydrogens (tertiary/aromatic N) is 1. The molecule has 0 amide bonds. The van der Waals surface area contributed by atoms with Crippen molar-refractivity contribution in [3.63, 3.8) is 0 Å². The van der Waals surface area contributed by atoms with Crippen LogP contribution in [0.1, 0.15) is 23.6 Å². The first-order chi connectivity index (χ1) is 26.7. The molecule has 0 spiro atoms. The van der Waals surface area contributed by atoms with Gasteiger partial charge in [0, 0.05) is 33.3 Å². The molecule has 10 aromatic rings. The highest BCUT2D eigenvalue weighted by Gasteiger charge is 2.43. The van der Waals surface area contributed by atoms with Gasteiger partial charge in [-0.05, 0) is 92.4 Å². The Morgan fingerprint density at radius 3 is 1.70 bits per heavy atom. The third-order valence-electron chi connectivity index (χ3n) is 11.7. The molecule has 1 aromatic heterocycles. The lowest BCUT2D eigenvalue weighted by Crippen LogP contribution is -2.26. The summed E-state index contributed by atoms with van der Waals surface area (Å²) in [6.07, 6.45) is 0. The molecule has 0 atom stereocenters. The van der Waals surface area contributed by atoms with Crippen molar-refractivity contribution in [3.8, 4) is 22.3 Å². The van der Waals surface area contributed by atoms with Gasteiger partial charge < -0.3 is 9.32 Å². The first kappa shape index (κ1) is 30.7. The third kappa shape index (κ3) is 4.47. The quantitative estimate of drug-likeness (QED) is 0.167. The molecule has 0 saturated carbocycles. The minimum absolute atomic E-state index is 0.468. The van der Waals surface area contributed by atoms with Gasteiger partial charge in [0.2, 0.25) is 0 Å². The van der Waals surface area contributed by atoms with Gasteiger partial charge in [0.1, 0.15) is 11.2 Å². The van der Waals surface area contributed by atoms with Crippen LogP contribution in [0.5, 0.6) is 0 Å². The summed E-state index contributed by atoms with van der Waals surface area (Å²) in [6, 6.07) is 70.7. The minimum atomic E-state index is -0.468. The molecule has 0 N–H and O–H groups in total. The second kappa shape index (κ2) is 11.8. The Labute approximate surface area is 314 Å². The normalized spacial score (nSPS) is 13.1. The topological polar surface area (TPSA) is 16.4 Å². The zero-order chi connectivity index (χ0) is 35.8. The Kier molecular flexibility index (Phi) is 6.72. The maximum Gasteiger partial charge on any atom is 0.137 e. The van der Waals surface area contributed by atoms with Crippen molar-refractivity contribution in [2.75, 3.05) is 4.90 Å². The van der Waals surface area contributed by atoms with E-state index < -0.39 is 5.41 Å². The summed E-state index contributed by atoms with van der Waals surface area (Å²) in [5.41, 5.74) is 13.4. The number of hydrogen-bond acceptors (Lipinski definition) is 2. The van der Waals surface area contributed by atoms with E-state index in [0.717, 1.165) is 39.0 Å². The van der Waals surface area contributed by atoms with Gasteiger partial charge in [-0.2, -0.15) is 0 Å². The van der Waals surface area contributed by atoms with Crippen LogP contribution in [0.3, 0.4) is 0 Å². The third-order valence-corrected chi connectivity index (χ3v) is 11.7. The fraction of sp³-hybridized carbons (Fsp3) is 0.0385. The molecule has 9 aromatic carbocycles. The van der Waals surface area contributed by atoms with E-state index in [0.29, 0.717) is 0 Å². The molecule has 1 heterocycles. The van der Waals surface area contributed by atoms with E-state index >= 15 is 0 Å². The second-order valence-corrected chi connectivity index (χ2v) is 14.6. The molecule has 11 rings (SSSR count). The molecule has 54 heavy (non-hydrogen) atoms. The fourth-order valence-electron chi connectivity index (χ4n) is 9.15. The molecule has 254 valence electrons. The van der Waals surface area contributed by atoms with Crippen LogP contribution in [-0.2, 0) is 5.41 Å². The number of para-hydroxylation sites is 1. The molecule has 1 aliphatic rings. The molecule has 2 heteroatoms. The highest BCUT2D eigenvalue weighted by atomic mass is 16.3. The molecule has 0 radical (unpaired) electrons. The maximum atomic E-state index is 6.71. The lowest BCUT2D eigenvalue weighted by molar-refractivity contribution is 0.667. The SMILES string of the molecule is CC1(c2cc3c(cc2N(c2ccc(-c4ccccc4)cc2)c2cc4ccccc4c4ccccc24)oc2ccccc23)c2ccccc2-c2ccccc21. The van der Waals surface area contributed by atoms with Gasteiger partial charge in [0.15, 0.2) is 0 Å². The number of furan rings is 1. The first-order valence-corrected chi connectivity index (χ1v) is 18.7. The number of benzene rings is 9. The number of hydrogen-bond donors (Lipinski definition) is 0. The van der Waals surface area contributed by atoms with Crippen molar-refractivity contribution in [3.05, 3.63) is 211 Å².